The number of aryl methyl sites for hydroxylation is 2. The Balaban J connectivity index is 0.858. The topological polar surface area (TPSA) is 138 Å². The van der Waals surface area contributed by atoms with Gasteiger partial charge in [0.15, 0.2) is 11.6 Å². The number of nitriles is 1. The van der Waals surface area contributed by atoms with E-state index in [1.165, 1.54) is 0 Å². The summed E-state index contributed by atoms with van der Waals surface area (Å²) >= 11 is 0. The minimum Gasteiger partial charge on any atom is -0.490 e. The van der Waals surface area contributed by atoms with Crippen molar-refractivity contribution in [2.24, 2.45) is 22.7 Å². The number of allylic oxidation sites excluding steroid dienone is 1. The van der Waals surface area contributed by atoms with Gasteiger partial charge in [-0.15, -0.1) is 0 Å². The molecule has 0 spiro atoms. The number of ether oxygens (including phenoxy) is 2. The first-order valence-electron chi connectivity index (χ1n) is 22.3. The van der Waals surface area contributed by atoms with Gasteiger partial charge in [-0.2, -0.15) is 5.26 Å². The van der Waals surface area contributed by atoms with Crippen molar-refractivity contribution in [3.63, 3.8) is 0 Å². The van der Waals surface area contributed by atoms with Gasteiger partial charge in [-0.3, -0.25) is 19.3 Å². The first-order valence-corrected chi connectivity index (χ1v) is 22.3. The molecule has 1 saturated heterocycles. The Morgan fingerprint density at radius 2 is 1.67 bits per heavy atom. The Hall–Kier alpha value is -5.08. The minimum absolute atomic E-state index is 0.00161. The number of aromatic nitrogens is 2. The molecule has 0 bridgehead atoms. The van der Waals surface area contributed by atoms with E-state index in [1.807, 2.05) is 38.1 Å². The maximum Gasteiger partial charge on any atom is 0.251 e. The maximum absolute atomic E-state index is 13.6. The molecule has 4 fully saturated rings. The number of rotatable bonds is 14. The first-order chi connectivity index (χ1) is 28.9. The lowest BCUT2D eigenvalue weighted by molar-refractivity contribution is -0.196. The highest BCUT2D eigenvalue weighted by molar-refractivity contribution is 5.99. The second-order valence-electron chi connectivity index (χ2n) is 19.7. The number of Topliss-reactive ketones (excluding diaryl/α,β-unsaturated/α-hetero) is 2. The van der Waals surface area contributed by atoms with Crippen LogP contribution in [0.4, 0.5) is 5.82 Å². The molecule has 324 valence electrons. The van der Waals surface area contributed by atoms with Crippen LogP contribution in [0.5, 0.6) is 11.5 Å². The lowest BCUT2D eigenvalue weighted by atomic mass is 9.44. The van der Waals surface area contributed by atoms with Crippen molar-refractivity contribution < 1.29 is 23.9 Å². The molecular weight excluding hydrogens is 765 g/mol. The van der Waals surface area contributed by atoms with Crippen molar-refractivity contribution in [3.8, 4) is 17.6 Å². The Morgan fingerprint density at radius 1 is 0.984 bits per heavy atom. The van der Waals surface area contributed by atoms with Crippen LogP contribution >= 0.6 is 0 Å². The van der Waals surface area contributed by atoms with E-state index in [9.17, 15) is 19.6 Å². The number of nitrogens with one attached hydrogen (secondary N) is 1. The largest absolute Gasteiger partial charge is 0.490 e. The zero-order chi connectivity index (χ0) is 43.8. The smallest absolute Gasteiger partial charge is 0.251 e. The summed E-state index contributed by atoms with van der Waals surface area (Å²) in [7, 11) is 0. The van der Waals surface area contributed by atoms with E-state index in [-0.39, 0.29) is 46.4 Å². The number of hydrogen-bond donors (Lipinski definition) is 1. The van der Waals surface area contributed by atoms with Crippen molar-refractivity contribution in [1.82, 2.24) is 20.2 Å². The average molecular weight is 829 g/mol. The Kier molecular flexibility index (Phi) is 12.8. The van der Waals surface area contributed by atoms with Crippen LogP contribution in [0.2, 0.25) is 0 Å². The molecule has 1 unspecified atom stereocenters. The van der Waals surface area contributed by atoms with E-state index >= 15 is 0 Å². The van der Waals surface area contributed by atoms with E-state index in [1.54, 1.807) is 24.5 Å². The number of carbonyl (C=O) groups is 3. The third-order valence-corrected chi connectivity index (χ3v) is 14.2. The monoisotopic (exact) mass is 828 g/mol. The Morgan fingerprint density at radius 3 is 2.28 bits per heavy atom. The molecule has 3 saturated carbocycles. The summed E-state index contributed by atoms with van der Waals surface area (Å²) < 4.78 is 12.9. The molecule has 11 nitrogen and oxygen atoms in total. The van der Waals surface area contributed by atoms with Gasteiger partial charge >= 0.3 is 0 Å². The van der Waals surface area contributed by atoms with E-state index in [0.29, 0.717) is 59.8 Å². The van der Waals surface area contributed by atoms with Crippen LogP contribution in [-0.4, -0.2) is 82.3 Å². The summed E-state index contributed by atoms with van der Waals surface area (Å²) in [6.07, 6.45) is 9.48. The molecule has 2 aromatic carbocycles. The molecule has 1 N–H and O–H groups in total. The van der Waals surface area contributed by atoms with Crippen LogP contribution in [0, 0.1) is 47.8 Å². The third-order valence-electron chi connectivity index (χ3n) is 14.2. The predicted octanol–water partition coefficient (Wildman–Crippen LogP) is 8.61. The van der Waals surface area contributed by atoms with Gasteiger partial charge in [0.05, 0.1) is 30.1 Å². The molecule has 61 heavy (non-hydrogen) atoms. The van der Waals surface area contributed by atoms with Crippen LogP contribution in [0.15, 0.2) is 60.9 Å². The zero-order valence-electron chi connectivity index (χ0n) is 37.4. The summed E-state index contributed by atoms with van der Waals surface area (Å²) in [4.78, 5) is 53.3. The lowest BCUT2D eigenvalue weighted by Gasteiger charge is -2.63. The molecule has 1 atom stereocenters. The van der Waals surface area contributed by atoms with Crippen LogP contribution in [0.1, 0.15) is 130 Å². The van der Waals surface area contributed by atoms with Gasteiger partial charge in [0.25, 0.3) is 5.91 Å². The van der Waals surface area contributed by atoms with E-state index in [4.69, 9.17) is 14.5 Å². The Labute approximate surface area is 362 Å². The molecule has 0 radical (unpaired) electrons. The normalized spacial score (nSPS) is 24.7. The summed E-state index contributed by atoms with van der Waals surface area (Å²) in [5.41, 5.74) is 3.85. The summed E-state index contributed by atoms with van der Waals surface area (Å²) in [5.74, 6) is 2.70. The van der Waals surface area contributed by atoms with E-state index in [2.05, 4.69) is 74.3 Å². The van der Waals surface area contributed by atoms with Crippen molar-refractivity contribution in [2.75, 3.05) is 24.5 Å². The van der Waals surface area contributed by atoms with Gasteiger partial charge < -0.3 is 19.7 Å². The maximum atomic E-state index is 13.6. The standard InChI is InChI=1S/C50H64N6O5/c1-30(2)56(36-23-39(24-36)60-37-12-10-11-35(22-37)47(59)54-41-14-13-31(3)19-43(41)57)29-34-15-17-55(18-16-34)46-28-52-42(27-53-46)44(58)25-45-49(6,7)48(50(45,8)9)61-38-20-32(4)40(26-51)33(5)21-38/h10-12,20-22,27-28,30,34,36,39,41,45,48H,3,13-19,23-25,29H2,1-2,4-9H3,(H,54,59). The fraction of sp³-hybridized carbons (Fsp3) is 0.560. The van der Waals surface area contributed by atoms with Gasteiger partial charge in [0, 0.05) is 73.8 Å². The van der Waals surface area contributed by atoms with Crippen LogP contribution in [-0.2, 0) is 4.79 Å². The number of amides is 1. The number of ketones is 2. The van der Waals surface area contributed by atoms with Gasteiger partial charge in [-0.1, -0.05) is 45.9 Å². The van der Waals surface area contributed by atoms with E-state index < -0.39 is 6.04 Å². The summed E-state index contributed by atoms with van der Waals surface area (Å²) in [6.45, 7) is 23.9. The number of hydrogen-bond acceptors (Lipinski definition) is 10. The highest BCUT2D eigenvalue weighted by Crippen LogP contribution is 2.61. The number of piperidine rings is 1. The lowest BCUT2D eigenvalue weighted by Crippen LogP contribution is -2.66. The average Bonchev–Trinajstić information content (AvgIpc) is 3.20. The predicted molar refractivity (Wildman–Crippen MR) is 237 cm³/mol. The molecule has 11 heteroatoms. The molecule has 1 aliphatic heterocycles. The second-order valence-corrected chi connectivity index (χ2v) is 19.7. The van der Waals surface area contributed by atoms with Gasteiger partial charge in [0.1, 0.15) is 35.2 Å². The number of nitrogens with zero attached hydrogens (tertiary/aromatic N) is 5. The molecule has 4 aliphatic rings. The van der Waals surface area contributed by atoms with Crippen molar-refractivity contribution in [1.29, 1.82) is 5.26 Å². The quantitative estimate of drug-likeness (QED) is 0.124. The molecule has 3 aliphatic carbocycles. The first kappa shape index (κ1) is 44.0. The van der Waals surface area contributed by atoms with Gasteiger partial charge in [-0.05, 0) is 107 Å². The highest BCUT2D eigenvalue weighted by Gasteiger charge is 2.63. The fourth-order valence-electron chi connectivity index (χ4n) is 10.8. The van der Waals surface area contributed by atoms with E-state index in [0.717, 1.165) is 80.0 Å². The highest BCUT2D eigenvalue weighted by atomic mass is 16.5. The number of anilines is 1. The number of benzene rings is 2. The molecule has 7 rings (SSSR count). The molecule has 1 aromatic heterocycles. The SMILES string of the molecule is C=C1CCC(NC(=O)c2cccc(OC3CC(N(CC4CCN(c5cnc(C(=O)CC6C(C)(C)C(Oc7cc(C)c(C#N)c(C)c7)C6(C)C)cn5)CC4)C(C)C)C3)c2)C(=O)C1. The van der Waals surface area contributed by atoms with Crippen molar-refractivity contribution in [3.05, 3.63) is 88.9 Å². The Bertz CT molecular complexity index is 2140. The zero-order valence-corrected chi connectivity index (χ0v) is 37.4. The molecule has 3 aromatic rings. The van der Waals surface area contributed by atoms with Gasteiger partial charge in [-0.25, -0.2) is 9.97 Å². The van der Waals surface area contributed by atoms with Crippen LogP contribution < -0.4 is 19.7 Å². The van der Waals surface area contributed by atoms with Gasteiger partial charge in [0.2, 0.25) is 0 Å². The van der Waals surface area contributed by atoms with Crippen LogP contribution in [0.25, 0.3) is 0 Å². The summed E-state index contributed by atoms with van der Waals surface area (Å²) in [6, 6.07) is 13.8. The number of carbonyl (C=O) groups excluding carboxylic acids is 3. The molecular formula is C50H64N6O5. The second kappa shape index (κ2) is 17.7. The van der Waals surface area contributed by atoms with Crippen LogP contribution in [0.3, 0.4) is 0 Å². The van der Waals surface area contributed by atoms with Crippen molar-refractivity contribution in [2.45, 2.75) is 137 Å². The fourth-order valence-corrected chi connectivity index (χ4v) is 10.8. The van der Waals surface area contributed by atoms with Crippen molar-refractivity contribution >= 4 is 23.3 Å². The molecule has 2 heterocycles. The summed E-state index contributed by atoms with van der Waals surface area (Å²) in [5, 5.41) is 12.4. The molecule has 1 amide bonds. The third kappa shape index (κ3) is 9.40. The minimum atomic E-state index is -0.459.